The van der Waals surface area contributed by atoms with Crippen LogP contribution >= 0.6 is 22.6 Å². The van der Waals surface area contributed by atoms with Crippen LogP contribution < -0.4 is 5.32 Å². The second-order valence-electron chi connectivity index (χ2n) is 4.43. The molecule has 94 valence electrons. The fourth-order valence-corrected chi connectivity index (χ4v) is 2.54. The molecule has 0 spiro atoms. The van der Waals surface area contributed by atoms with Crippen LogP contribution in [0.5, 0.6) is 0 Å². The van der Waals surface area contributed by atoms with Gasteiger partial charge in [-0.05, 0) is 36.7 Å². The molecule has 0 amide bonds. The molecule has 0 aliphatic carbocycles. The van der Waals surface area contributed by atoms with Gasteiger partial charge < -0.3 is 10.2 Å². The van der Waals surface area contributed by atoms with Gasteiger partial charge in [0, 0.05) is 32.9 Å². The van der Waals surface area contributed by atoms with Gasteiger partial charge in [0.05, 0.1) is 9.61 Å². The number of rotatable bonds is 2. The molecule has 0 saturated carbocycles. The molecule has 1 saturated heterocycles. The van der Waals surface area contributed by atoms with Crippen molar-refractivity contribution >= 4 is 28.4 Å². The third-order valence-corrected chi connectivity index (χ3v) is 3.94. The van der Waals surface area contributed by atoms with Gasteiger partial charge in [-0.3, -0.25) is 4.90 Å². The molecule has 0 bridgehead atoms. The van der Waals surface area contributed by atoms with Crippen molar-refractivity contribution in [3.63, 3.8) is 0 Å². The maximum atomic E-state index is 4.60. The average molecular weight is 347 g/mol. The molecule has 2 rings (SSSR count). The van der Waals surface area contributed by atoms with Crippen molar-refractivity contribution in [1.29, 1.82) is 0 Å². The van der Waals surface area contributed by atoms with E-state index >= 15 is 0 Å². The summed E-state index contributed by atoms with van der Waals surface area (Å²) in [5, 5.41) is 3.11. The topological polar surface area (TPSA) is 44.3 Å². The van der Waals surface area contributed by atoms with E-state index in [9.17, 15) is 0 Å². The zero-order chi connectivity index (χ0) is 12.4. The Balaban J connectivity index is 2.26. The predicted molar refractivity (Wildman–Crippen MR) is 77.2 cm³/mol. The van der Waals surface area contributed by atoms with Gasteiger partial charge in [0.1, 0.15) is 11.6 Å². The Kier molecular flexibility index (Phi) is 4.16. The molecule has 2 heterocycles. The number of nitrogens with one attached hydrogen (secondary N) is 1. The molecule has 1 aliphatic heterocycles. The first-order valence-electron chi connectivity index (χ1n) is 5.70. The fraction of sp³-hybridized carbons (Fsp3) is 0.636. The second kappa shape index (κ2) is 5.45. The van der Waals surface area contributed by atoms with Crippen LogP contribution in [0.1, 0.15) is 11.9 Å². The molecule has 1 N–H and O–H groups in total. The summed E-state index contributed by atoms with van der Waals surface area (Å²) in [6.07, 6.45) is 1.89. The summed E-state index contributed by atoms with van der Waals surface area (Å²) < 4.78 is 1.06. The smallest absolute Gasteiger partial charge is 0.149 e. The quantitative estimate of drug-likeness (QED) is 0.810. The highest BCUT2D eigenvalue weighted by molar-refractivity contribution is 14.1. The Bertz CT molecular complexity index is 397. The van der Waals surface area contributed by atoms with E-state index in [0.29, 0.717) is 0 Å². The van der Waals surface area contributed by atoms with Gasteiger partial charge in [0.25, 0.3) is 0 Å². The van der Waals surface area contributed by atoms with E-state index in [1.807, 2.05) is 13.2 Å². The number of anilines is 1. The van der Waals surface area contributed by atoms with E-state index < -0.39 is 0 Å². The van der Waals surface area contributed by atoms with Crippen molar-refractivity contribution in [2.75, 3.05) is 46.1 Å². The normalized spacial score (nSPS) is 22.7. The van der Waals surface area contributed by atoms with Crippen molar-refractivity contribution in [3.8, 4) is 0 Å². The summed E-state index contributed by atoms with van der Waals surface area (Å²) in [6, 6.07) is 0.290. The number of aromatic nitrogens is 2. The molecular weight excluding hydrogens is 329 g/mol. The third kappa shape index (κ3) is 2.86. The number of hydrogen-bond acceptors (Lipinski definition) is 5. The highest BCUT2D eigenvalue weighted by Gasteiger charge is 2.26. The second-order valence-corrected chi connectivity index (χ2v) is 5.60. The highest BCUT2D eigenvalue weighted by atomic mass is 127. The molecule has 1 aromatic rings. The van der Waals surface area contributed by atoms with Crippen LogP contribution in [0, 0.1) is 3.57 Å². The summed E-state index contributed by atoms with van der Waals surface area (Å²) in [5.41, 5.74) is 0. The Morgan fingerprint density at radius 1 is 1.41 bits per heavy atom. The van der Waals surface area contributed by atoms with E-state index in [-0.39, 0.29) is 6.04 Å². The summed E-state index contributed by atoms with van der Waals surface area (Å²) in [5.74, 6) is 1.82. The van der Waals surface area contributed by atoms with Crippen molar-refractivity contribution < 1.29 is 0 Å². The number of hydrogen-bond donors (Lipinski definition) is 1. The molecule has 17 heavy (non-hydrogen) atoms. The van der Waals surface area contributed by atoms with E-state index in [1.165, 1.54) is 0 Å². The first-order valence-corrected chi connectivity index (χ1v) is 6.78. The SMILES string of the molecule is CNc1nc(C2CN(C)CCN2C)ncc1I. The third-order valence-electron chi connectivity index (χ3n) is 3.15. The van der Waals surface area contributed by atoms with Gasteiger partial charge >= 0.3 is 0 Å². The minimum atomic E-state index is 0.290. The van der Waals surface area contributed by atoms with Gasteiger partial charge in [-0.1, -0.05) is 0 Å². The standard InChI is InChI=1S/C11H18IN5/c1-13-10-8(12)6-14-11(15-10)9-7-16(2)4-5-17(9)3/h6,9H,4-5,7H2,1-3H3,(H,13,14,15). The van der Waals surface area contributed by atoms with Gasteiger partial charge in [-0.25, -0.2) is 9.97 Å². The average Bonchev–Trinajstić information content (AvgIpc) is 2.33. The summed E-state index contributed by atoms with van der Waals surface area (Å²) in [4.78, 5) is 13.7. The molecule has 1 aliphatic rings. The Morgan fingerprint density at radius 2 is 2.18 bits per heavy atom. The Labute approximate surface area is 116 Å². The van der Waals surface area contributed by atoms with Crippen molar-refractivity contribution in [2.45, 2.75) is 6.04 Å². The monoisotopic (exact) mass is 347 g/mol. The number of likely N-dealkylation sites (N-methyl/N-ethyl adjacent to an activating group) is 2. The number of nitrogens with zero attached hydrogens (tertiary/aromatic N) is 4. The van der Waals surface area contributed by atoms with E-state index in [0.717, 1.165) is 34.8 Å². The molecule has 6 heteroatoms. The van der Waals surface area contributed by atoms with Crippen LogP contribution in [-0.2, 0) is 0 Å². The summed E-state index contributed by atoms with van der Waals surface area (Å²) in [6.45, 7) is 3.15. The van der Waals surface area contributed by atoms with Crippen molar-refractivity contribution in [1.82, 2.24) is 19.8 Å². The van der Waals surface area contributed by atoms with Crippen LogP contribution in [0.3, 0.4) is 0 Å². The van der Waals surface area contributed by atoms with E-state index in [2.05, 4.69) is 61.8 Å². The molecule has 1 unspecified atom stereocenters. The minimum absolute atomic E-state index is 0.290. The number of halogens is 1. The largest absolute Gasteiger partial charge is 0.372 e. The van der Waals surface area contributed by atoms with Crippen LogP contribution in [0.2, 0.25) is 0 Å². The molecule has 1 aromatic heterocycles. The van der Waals surface area contributed by atoms with Gasteiger partial charge in [-0.15, -0.1) is 0 Å². The van der Waals surface area contributed by atoms with Crippen LogP contribution in [0.15, 0.2) is 6.20 Å². The number of piperazine rings is 1. The first-order chi connectivity index (χ1) is 8.11. The zero-order valence-corrected chi connectivity index (χ0v) is 12.6. The Morgan fingerprint density at radius 3 is 2.88 bits per heavy atom. The minimum Gasteiger partial charge on any atom is -0.372 e. The molecule has 0 aromatic carbocycles. The fourth-order valence-electron chi connectivity index (χ4n) is 2.01. The Hall–Kier alpha value is -0.470. The maximum Gasteiger partial charge on any atom is 0.149 e. The molecule has 1 fully saturated rings. The lowest BCUT2D eigenvalue weighted by Gasteiger charge is -2.36. The van der Waals surface area contributed by atoms with Crippen LogP contribution in [0.25, 0.3) is 0 Å². The van der Waals surface area contributed by atoms with Gasteiger partial charge in [-0.2, -0.15) is 0 Å². The maximum absolute atomic E-state index is 4.60. The lowest BCUT2D eigenvalue weighted by atomic mass is 10.1. The lowest BCUT2D eigenvalue weighted by Crippen LogP contribution is -2.45. The van der Waals surface area contributed by atoms with Crippen LogP contribution in [-0.4, -0.2) is 60.5 Å². The molecule has 1 atom stereocenters. The van der Waals surface area contributed by atoms with E-state index in [1.54, 1.807) is 0 Å². The van der Waals surface area contributed by atoms with Crippen LogP contribution in [0.4, 0.5) is 5.82 Å². The summed E-state index contributed by atoms with van der Waals surface area (Å²) in [7, 11) is 6.18. The van der Waals surface area contributed by atoms with Crippen molar-refractivity contribution in [2.24, 2.45) is 0 Å². The van der Waals surface area contributed by atoms with Crippen molar-refractivity contribution in [3.05, 3.63) is 15.6 Å². The molecular formula is C11H18IN5. The van der Waals surface area contributed by atoms with Gasteiger partial charge in [0.15, 0.2) is 0 Å². The lowest BCUT2D eigenvalue weighted by molar-refractivity contribution is 0.109. The molecule has 0 radical (unpaired) electrons. The molecule has 5 nitrogen and oxygen atoms in total. The highest BCUT2D eigenvalue weighted by Crippen LogP contribution is 2.23. The first kappa shape index (κ1) is 13.0. The van der Waals surface area contributed by atoms with Gasteiger partial charge in [0.2, 0.25) is 0 Å². The predicted octanol–water partition coefficient (Wildman–Crippen LogP) is 1.04. The summed E-state index contributed by atoms with van der Waals surface area (Å²) >= 11 is 2.25. The zero-order valence-electron chi connectivity index (χ0n) is 10.4. The van der Waals surface area contributed by atoms with E-state index in [4.69, 9.17) is 0 Å².